The lowest BCUT2D eigenvalue weighted by molar-refractivity contribution is -0.122. The molecule has 4 nitrogen and oxygen atoms in total. The van der Waals surface area contributed by atoms with Gasteiger partial charge in [0.2, 0.25) is 5.91 Å². The van der Waals surface area contributed by atoms with Gasteiger partial charge < -0.3 is 10.1 Å². The molecule has 4 heteroatoms. The molecule has 19 heavy (non-hydrogen) atoms. The molecule has 1 amide bonds. The zero-order chi connectivity index (χ0) is 14.1. The summed E-state index contributed by atoms with van der Waals surface area (Å²) in [6.45, 7) is 4.29. The minimum absolute atomic E-state index is 0.146. The van der Waals surface area contributed by atoms with E-state index in [1.165, 1.54) is 0 Å². The van der Waals surface area contributed by atoms with Gasteiger partial charge in [0, 0.05) is 0 Å². The summed E-state index contributed by atoms with van der Waals surface area (Å²) in [6.07, 6.45) is 1.81. The monoisotopic (exact) mass is 260 g/mol. The molecule has 1 aromatic rings. The number of nitriles is 1. The van der Waals surface area contributed by atoms with Gasteiger partial charge in [-0.25, -0.2) is 0 Å². The third-order valence-electron chi connectivity index (χ3n) is 2.66. The van der Waals surface area contributed by atoms with E-state index < -0.39 is 6.04 Å². The van der Waals surface area contributed by atoms with Crippen LogP contribution in [-0.2, 0) is 4.79 Å². The molecule has 0 saturated carbocycles. The highest BCUT2D eigenvalue weighted by atomic mass is 16.5. The minimum atomic E-state index is -0.392. The van der Waals surface area contributed by atoms with Crippen molar-refractivity contribution < 1.29 is 9.53 Å². The topological polar surface area (TPSA) is 62.1 Å². The summed E-state index contributed by atoms with van der Waals surface area (Å²) in [4.78, 5) is 11.6. The molecule has 0 aliphatic heterocycles. The van der Waals surface area contributed by atoms with Gasteiger partial charge in [0.15, 0.2) is 0 Å². The fourth-order valence-electron chi connectivity index (χ4n) is 1.69. The Balaban J connectivity index is 2.29. The first-order valence-corrected chi connectivity index (χ1v) is 6.54. The van der Waals surface area contributed by atoms with Gasteiger partial charge in [-0.3, -0.25) is 4.79 Å². The Hall–Kier alpha value is -2.02. The van der Waals surface area contributed by atoms with Crippen molar-refractivity contribution in [2.45, 2.75) is 39.2 Å². The molecule has 1 aromatic carbocycles. The maximum atomic E-state index is 11.6. The number of ether oxygens (including phenoxy) is 1. The molecule has 1 unspecified atom stereocenters. The van der Waals surface area contributed by atoms with E-state index in [1.54, 1.807) is 0 Å². The lowest BCUT2D eigenvalue weighted by Crippen LogP contribution is -2.34. The number of nitrogens with zero attached hydrogens (tertiary/aromatic N) is 1. The summed E-state index contributed by atoms with van der Waals surface area (Å²) in [5, 5.41) is 11.5. The van der Waals surface area contributed by atoms with Crippen LogP contribution in [0.15, 0.2) is 24.3 Å². The molecule has 1 rings (SSSR count). The molecule has 102 valence electrons. The molecular formula is C15H20N2O2. The Morgan fingerprint density at radius 2 is 2.32 bits per heavy atom. The fraction of sp³-hybridized carbons (Fsp3) is 0.467. The van der Waals surface area contributed by atoms with Gasteiger partial charge in [-0.05, 0) is 31.0 Å². The largest absolute Gasteiger partial charge is 0.493 e. The van der Waals surface area contributed by atoms with Gasteiger partial charge in [-0.15, -0.1) is 0 Å². The first kappa shape index (κ1) is 15.0. The second-order valence-electron chi connectivity index (χ2n) is 4.45. The van der Waals surface area contributed by atoms with Crippen molar-refractivity contribution in [3.8, 4) is 11.8 Å². The van der Waals surface area contributed by atoms with E-state index in [2.05, 4.69) is 11.4 Å². The van der Waals surface area contributed by atoms with Crippen LogP contribution < -0.4 is 10.1 Å². The summed E-state index contributed by atoms with van der Waals surface area (Å²) in [5.74, 6) is 0.617. The Morgan fingerprint density at radius 3 is 2.95 bits per heavy atom. The average Bonchev–Trinajstić information content (AvgIpc) is 2.38. The molecule has 0 fully saturated rings. The second kappa shape index (κ2) is 8.15. The Bertz CT molecular complexity index is 452. The normalized spacial score (nSPS) is 11.4. The summed E-state index contributed by atoms with van der Waals surface area (Å²) in [6, 6.07) is 9.37. The Labute approximate surface area is 114 Å². The minimum Gasteiger partial charge on any atom is -0.493 e. The average molecular weight is 260 g/mol. The number of amides is 1. The standard InChI is InChI=1S/C15H20N2O2/c1-3-5-13(11-16)17-15(18)8-9-19-14-7-4-6-12(2)10-14/h4,6-7,10,13H,3,5,8-9H2,1-2H3,(H,17,18). The maximum Gasteiger partial charge on any atom is 0.224 e. The number of benzene rings is 1. The molecule has 1 atom stereocenters. The van der Waals surface area contributed by atoms with Crippen molar-refractivity contribution in [1.29, 1.82) is 5.26 Å². The molecular weight excluding hydrogens is 240 g/mol. The number of carbonyl (C=O) groups excluding carboxylic acids is 1. The van der Waals surface area contributed by atoms with Gasteiger partial charge in [-0.1, -0.05) is 25.5 Å². The molecule has 0 heterocycles. The van der Waals surface area contributed by atoms with Crippen molar-refractivity contribution in [3.63, 3.8) is 0 Å². The number of hydrogen-bond acceptors (Lipinski definition) is 3. The van der Waals surface area contributed by atoms with Crippen molar-refractivity contribution in [1.82, 2.24) is 5.32 Å². The van der Waals surface area contributed by atoms with E-state index in [9.17, 15) is 4.79 Å². The predicted octanol–water partition coefficient (Wildman–Crippen LogP) is 2.57. The summed E-state index contributed by atoms with van der Waals surface area (Å²) in [7, 11) is 0. The van der Waals surface area contributed by atoms with Crippen molar-refractivity contribution >= 4 is 5.91 Å². The molecule has 0 aliphatic carbocycles. The second-order valence-corrected chi connectivity index (χ2v) is 4.45. The summed E-state index contributed by atoms with van der Waals surface area (Å²) < 4.78 is 5.49. The van der Waals surface area contributed by atoms with E-state index in [0.717, 1.165) is 17.7 Å². The number of aryl methyl sites for hydroxylation is 1. The van der Waals surface area contributed by atoms with Crippen LogP contribution in [0.1, 0.15) is 31.7 Å². The molecule has 0 saturated heterocycles. The van der Waals surface area contributed by atoms with Gasteiger partial charge >= 0.3 is 0 Å². The molecule has 0 spiro atoms. The van der Waals surface area contributed by atoms with Crippen molar-refractivity contribution in [3.05, 3.63) is 29.8 Å². The summed E-state index contributed by atoms with van der Waals surface area (Å²) in [5.41, 5.74) is 1.12. The van der Waals surface area contributed by atoms with Crippen LogP contribution in [-0.4, -0.2) is 18.6 Å². The van der Waals surface area contributed by atoms with E-state index in [-0.39, 0.29) is 12.3 Å². The third-order valence-corrected chi connectivity index (χ3v) is 2.66. The zero-order valence-corrected chi connectivity index (χ0v) is 11.5. The van der Waals surface area contributed by atoms with E-state index >= 15 is 0 Å². The van der Waals surface area contributed by atoms with Crippen LogP contribution in [0, 0.1) is 18.3 Å². The SMILES string of the molecule is CCCC(C#N)NC(=O)CCOc1cccc(C)c1. The van der Waals surface area contributed by atoms with Crippen LogP contribution >= 0.6 is 0 Å². The Morgan fingerprint density at radius 1 is 1.53 bits per heavy atom. The fourth-order valence-corrected chi connectivity index (χ4v) is 1.69. The molecule has 0 bridgehead atoms. The highest BCUT2D eigenvalue weighted by Crippen LogP contribution is 2.12. The smallest absolute Gasteiger partial charge is 0.224 e. The molecule has 0 aliphatic rings. The number of hydrogen-bond donors (Lipinski definition) is 1. The van der Waals surface area contributed by atoms with E-state index in [4.69, 9.17) is 10.00 Å². The number of nitrogens with one attached hydrogen (secondary N) is 1. The van der Waals surface area contributed by atoms with Crippen molar-refractivity contribution in [2.24, 2.45) is 0 Å². The molecule has 0 radical (unpaired) electrons. The molecule has 0 aromatic heterocycles. The number of carbonyl (C=O) groups is 1. The quantitative estimate of drug-likeness (QED) is 0.819. The third kappa shape index (κ3) is 5.91. The summed E-state index contributed by atoms with van der Waals surface area (Å²) >= 11 is 0. The lowest BCUT2D eigenvalue weighted by Gasteiger charge is -2.11. The van der Waals surface area contributed by atoms with Crippen LogP contribution in [0.25, 0.3) is 0 Å². The van der Waals surface area contributed by atoms with Crippen LogP contribution in [0.2, 0.25) is 0 Å². The lowest BCUT2D eigenvalue weighted by atomic mass is 10.2. The van der Waals surface area contributed by atoms with E-state index in [0.29, 0.717) is 13.0 Å². The van der Waals surface area contributed by atoms with Crippen molar-refractivity contribution in [2.75, 3.05) is 6.61 Å². The van der Waals surface area contributed by atoms with Crippen LogP contribution in [0.4, 0.5) is 0 Å². The first-order chi connectivity index (χ1) is 9.15. The maximum absolute atomic E-state index is 11.6. The van der Waals surface area contributed by atoms with Crippen LogP contribution in [0.3, 0.4) is 0 Å². The number of rotatable bonds is 7. The van der Waals surface area contributed by atoms with Crippen LogP contribution in [0.5, 0.6) is 5.75 Å². The molecule has 1 N–H and O–H groups in total. The highest BCUT2D eigenvalue weighted by Gasteiger charge is 2.10. The van der Waals surface area contributed by atoms with Gasteiger partial charge in [0.1, 0.15) is 11.8 Å². The highest BCUT2D eigenvalue weighted by molar-refractivity contribution is 5.76. The Kier molecular flexibility index (Phi) is 6.45. The first-order valence-electron chi connectivity index (χ1n) is 6.54. The zero-order valence-electron chi connectivity index (χ0n) is 11.5. The predicted molar refractivity (Wildman–Crippen MR) is 73.7 cm³/mol. The van der Waals surface area contributed by atoms with E-state index in [1.807, 2.05) is 38.1 Å². The van der Waals surface area contributed by atoms with Gasteiger partial charge in [-0.2, -0.15) is 5.26 Å². The van der Waals surface area contributed by atoms with Gasteiger partial charge in [0.05, 0.1) is 19.1 Å². The van der Waals surface area contributed by atoms with Gasteiger partial charge in [0.25, 0.3) is 0 Å².